The summed E-state index contributed by atoms with van der Waals surface area (Å²) in [4.78, 5) is 22.4. The largest absolute Gasteiger partial charge is 0.493 e. The van der Waals surface area contributed by atoms with Gasteiger partial charge in [0.15, 0.2) is 5.13 Å². The van der Waals surface area contributed by atoms with Gasteiger partial charge >= 0.3 is 0 Å². The van der Waals surface area contributed by atoms with E-state index in [1.165, 1.54) is 22.7 Å². The van der Waals surface area contributed by atoms with Crippen LogP contribution in [0.15, 0.2) is 29.6 Å². The number of carbonyl (C=O) groups excluding carboxylic acids is 1. The summed E-state index contributed by atoms with van der Waals surface area (Å²) in [6.07, 6.45) is 0.883. The van der Waals surface area contributed by atoms with Gasteiger partial charge in [-0.1, -0.05) is 26.0 Å². The summed E-state index contributed by atoms with van der Waals surface area (Å²) in [5.74, 6) is 1.15. The first-order chi connectivity index (χ1) is 13.0. The molecule has 0 radical (unpaired) electrons. The maximum absolute atomic E-state index is 12.7. The van der Waals surface area contributed by atoms with Crippen LogP contribution in [0.3, 0.4) is 0 Å². The molecule has 1 N–H and O–H groups in total. The van der Waals surface area contributed by atoms with Crippen LogP contribution >= 0.6 is 22.7 Å². The highest BCUT2D eigenvalue weighted by molar-refractivity contribution is 7.15. The van der Waals surface area contributed by atoms with Crippen LogP contribution in [0.25, 0.3) is 11.3 Å². The van der Waals surface area contributed by atoms with Gasteiger partial charge in [-0.05, 0) is 31.9 Å². The predicted molar refractivity (Wildman–Crippen MR) is 112 cm³/mol. The Morgan fingerprint density at radius 1 is 1.26 bits per heavy atom. The first-order valence-electron chi connectivity index (χ1n) is 8.93. The Labute approximate surface area is 167 Å². The van der Waals surface area contributed by atoms with E-state index in [9.17, 15) is 4.79 Å². The molecule has 142 valence electrons. The van der Waals surface area contributed by atoms with Crippen LogP contribution in [0.4, 0.5) is 5.13 Å². The van der Waals surface area contributed by atoms with Gasteiger partial charge in [0.25, 0.3) is 5.91 Å². The number of rotatable bonds is 7. The molecule has 7 heteroatoms. The lowest BCUT2D eigenvalue weighted by atomic mass is 10.1. The van der Waals surface area contributed by atoms with Crippen LogP contribution in [0, 0.1) is 12.8 Å². The highest BCUT2D eigenvalue weighted by atomic mass is 32.1. The zero-order chi connectivity index (χ0) is 19.4. The Hall–Kier alpha value is -2.25. The van der Waals surface area contributed by atoms with Crippen molar-refractivity contribution in [3.8, 4) is 17.0 Å². The standard InChI is InChI=1S/C20H23N3O2S2/c1-5-25-16-9-7-6-8-14(16)15-11-26-20(22-15)23-19(24)18-13(4)21-17(27-18)10-12(2)3/h6-9,11-12H,5,10H2,1-4H3,(H,22,23,24). The van der Waals surface area contributed by atoms with Crippen molar-refractivity contribution < 1.29 is 9.53 Å². The van der Waals surface area contributed by atoms with Gasteiger partial charge in [-0.15, -0.1) is 22.7 Å². The number of thiazole rings is 2. The van der Waals surface area contributed by atoms with Crippen LogP contribution in [0.1, 0.15) is 41.1 Å². The Kier molecular flexibility index (Phi) is 6.23. The second-order valence-corrected chi connectivity index (χ2v) is 8.48. The molecule has 0 spiro atoms. The number of benzene rings is 1. The van der Waals surface area contributed by atoms with E-state index in [1.807, 2.05) is 43.5 Å². The Morgan fingerprint density at radius 2 is 2.04 bits per heavy atom. The summed E-state index contributed by atoms with van der Waals surface area (Å²) in [7, 11) is 0. The number of hydrogen-bond acceptors (Lipinski definition) is 6. The lowest BCUT2D eigenvalue weighted by Crippen LogP contribution is -2.11. The second-order valence-electron chi connectivity index (χ2n) is 6.54. The van der Waals surface area contributed by atoms with Gasteiger partial charge in [-0.25, -0.2) is 9.97 Å². The van der Waals surface area contributed by atoms with Gasteiger partial charge in [0, 0.05) is 17.4 Å². The topological polar surface area (TPSA) is 64.1 Å². The number of anilines is 1. The molecule has 3 aromatic rings. The highest BCUT2D eigenvalue weighted by Gasteiger charge is 2.18. The molecule has 1 aromatic carbocycles. The molecule has 0 aliphatic heterocycles. The third-order valence-corrected chi connectivity index (χ3v) is 5.75. The van der Waals surface area contributed by atoms with Gasteiger partial charge in [-0.2, -0.15) is 0 Å². The number of nitrogens with zero attached hydrogens (tertiary/aromatic N) is 2. The Bertz CT molecular complexity index is 931. The molecule has 0 bridgehead atoms. The lowest BCUT2D eigenvalue weighted by Gasteiger charge is -2.07. The molecular formula is C20H23N3O2S2. The van der Waals surface area contributed by atoms with Gasteiger partial charge in [0.1, 0.15) is 10.6 Å². The average molecular weight is 402 g/mol. The van der Waals surface area contributed by atoms with E-state index >= 15 is 0 Å². The minimum Gasteiger partial charge on any atom is -0.493 e. The van der Waals surface area contributed by atoms with E-state index in [0.717, 1.165) is 34.1 Å². The summed E-state index contributed by atoms with van der Waals surface area (Å²) in [6.45, 7) is 8.71. The third kappa shape index (κ3) is 4.73. The first-order valence-corrected chi connectivity index (χ1v) is 10.6. The normalized spacial score (nSPS) is 11.0. The molecule has 0 unspecified atom stereocenters. The van der Waals surface area contributed by atoms with Gasteiger partial charge in [-0.3, -0.25) is 10.1 Å². The van der Waals surface area contributed by atoms with Crippen molar-refractivity contribution in [3.05, 3.63) is 45.2 Å². The maximum atomic E-state index is 12.7. The summed E-state index contributed by atoms with van der Waals surface area (Å²) < 4.78 is 5.67. The van der Waals surface area contributed by atoms with E-state index in [-0.39, 0.29) is 5.91 Å². The Balaban J connectivity index is 1.76. The zero-order valence-corrected chi connectivity index (χ0v) is 17.5. The smallest absolute Gasteiger partial charge is 0.269 e. The number of amides is 1. The number of aromatic nitrogens is 2. The van der Waals surface area contributed by atoms with Crippen molar-refractivity contribution in [1.82, 2.24) is 9.97 Å². The van der Waals surface area contributed by atoms with Gasteiger partial charge in [0.2, 0.25) is 0 Å². The number of ether oxygens (including phenoxy) is 1. The number of carbonyl (C=O) groups is 1. The molecule has 0 fully saturated rings. The average Bonchev–Trinajstić information content (AvgIpc) is 3.21. The van der Waals surface area contributed by atoms with Gasteiger partial charge in [0.05, 0.1) is 23.0 Å². The fourth-order valence-electron chi connectivity index (χ4n) is 2.67. The van der Waals surface area contributed by atoms with Crippen molar-refractivity contribution in [2.24, 2.45) is 5.92 Å². The van der Waals surface area contributed by atoms with E-state index in [1.54, 1.807) is 0 Å². The molecule has 5 nitrogen and oxygen atoms in total. The molecule has 0 atom stereocenters. The highest BCUT2D eigenvalue weighted by Crippen LogP contribution is 2.32. The van der Waals surface area contributed by atoms with Crippen molar-refractivity contribution in [1.29, 1.82) is 0 Å². The summed E-state index contributed by atoms with van der Waals surface area (Å²) >= 11 is 2.86. The third-order valence-electron chi connectivity index (χ3n) is 3.82. The lowest BCUT2D eigenvalue weighted by molar-refractivity contribution is 0.103. The zero-order valence-electron chi connectivity index (χ0n) is 15.9. The molecule has 1 amide bonds. The summed E-state index contributed by atoms with van der Waals surface area (Å²) in [6, 6.07) is 7.78. The quantitative estimate of drug-likeness (QED) is 0.574. The molecule has 2 aromatic heterocycles. The molecule has 0 aliphatic rings. The second kappa shape index (κ2) is 8.63. The fourth-order valence-corrected chi connectivity index (χ4v) is 4.55. The molecule has 0 saturated carbocycles. The molecule has 27 heavy (non-hydrogen) atoms. The Morgan fingerprint density at radius 3 is 2.78 bits per heavy atom. The summed E-state index contributed by atoms with van der Waals surface area (Å²) in [5.41, 5.74) is 2.48. The molecule has 0 saturated heterocycles. The van der Waals surface area contributed by atoms with E-state index < -0.39 is 0 Å². The van der Waals surface area contributed by atoms with Crippen LogP contribution < -0.4 is 10.1 Å². The summed E-state index contributed by atoms with van der Waals surface area (Å²) in [5, 5.41) is 6.40. The van der Waals surface area contributed by atoms with Crippen LogP contribution in [-0.4, -0.2) is 22.5 Å². The van der Waals surface area contributed by atoms with Crippen LogP contribution in [-0.2, 0) is 6.42 Å². The number of aryl methyl sites for hydroxylation is 1. The van der Waals surface area contributed by atoms with Crippen molar-refractivity contribution >= 4 is 33.7 Å². The van der Waals surface area contributed by atoms with E-state index in [0.29, 0.717) is 22.5 Å². The predicted octanol–water partition coefficient (Wildman–Crippen LogP) is 5.42. The van der Waals surface area contributed by atoms with Crippen molar-refractivity contribution in [2.45, 2.75) is 34.1 Å². The molecule has 3 rings (SSSR count). The van der Waals surface area contributed by atoms with E-state index in [4.69, 9.17) is 4.74 Å². The number of hydrogen-bond donors (Lipinski definition) is 1. The minimum absolute atomic E-state index is 0.154. The number of para-hydroxylation sites is 1. The molecule has 2 heterocycles. The van der Waals surface area contributed by atoms with E-state index in [2.05, 4.69) is 29.1 Å². The molecular weight excluding hydrogens is 378 g/mol. The first kappa shape index (κ1) is 19.5. The molecule has 0 aliphatic carbocycles. The van der Waals surface area contributed by atoms with Crippen LogP contribution in [0.2, 0.25) is 0 Å². The minimum atomic E-state index is -0.154. The monoisotopic (exact) mass is 401 g/mol. The van der Waals surface area contributed by atoms with Gasteiger partial charge < -0.3 is 4.74 Å². The van der Waals surface area contributed by atoms with Crippen LogP contribution in [0.5, 0.6) is 5.75 Å². The number of nitrogens with one attached hydrogen (secondary N) is 1. The van der Waals surface area contributed by atoms with Crippen molar-refractivity contribution in [2.75, 3.05) is 11.9 Å². The maximum Gasteiger partial charge on any atom is 0.269 e. The fraction of sp³-hybridized carbons (Fsp3) is 0.350. The SMILES string of the molecule is CCOc1ccccc1-c1csc(NC(=O)c2sc(CC(C)C)nc2C)n1. The van der Waals surface area contributed by atoms with Crippen molar-refractivity contribution in [3.63, 3.8) is 0 Å².